The van der Waals surface area contributed by atoms with Crippen LogP contribution in [0.5, 0.6) is 0 Å². The molecule has 94 heavy (non-hydrogen) atoms. The maximum absolute atomic E-state index is 13.1. The fourth-order valence-corrected chi connectivity index (χ4v) is 13.0. The number of carbonyl (C=O) groups excluding carboxylic acids is 4. The van der Waals surface area contributed by atoms with E-state index in [1.165, 1.54) is 205 Å². The molecule has 0 heterocycles. The number of hydrogen-bond acceptors (Lipinski definition) is 15. The topological polar surface area (TPSA) is 237 Å². The molecule has 0 aromatic heterocycles. The van der Waals surface area contributed by atoms with E-state index in [0.717, 1.165) is 102 Å². The van der Waals surface area contributed by atoms with E-state index in [-0.39, 0.29) is 25.7 Å². The Hall–Kier alpha value is -1.94. The van der Waals surface area contributed by atoms with Crippen molar-refractivity contribution in [1.29, 1.82) is 0 Å². The minimum absolute atomic E-state index is 0.105. The van der Waals surface area contributed by atoms with E-state index in [9.17, 15) is 43.2 Å². The summed E-state index contributed by atoms with van der Waals surface area (Å²) in [6.45, 7) is 9.57. The van der Waals surface area contributed by atoms with Crippen LogP contribution in [0, 0.1) is 11.8 Å². The van der Waals surface area contributed by atoms with Gasteiger partial charge in [-0.2, -0.15) is 0 Å². The number of rotatable bonds is 74. The SMILES string of the molecule is CCCCCCCCCCCCCCCCCCCCCC(=O)O[C@H](COC(=O)CCCCCCCCCCCCCC(C)C)COP(=O)(O)OC[C@@H](O)COP(=O)(O)OC[C@@H](COC(=O)CCCCCCCCCCC)OC(=O)CCCCCCCCCCC(C)CC. The fourth-order valence-electron chi connectivity index (χ4n) is 11.4. The molecule has 19 heteroatoms. The third-order valence-corrected chi connectivity index (χ3v) is 19.7. The zero-order chi connectivity index (χ0) is 69.3. The molecule has 0 aromatic carbocycles. The third kappa shape index (κ3) is 67.3. The summed E-state index contributed by atoms with van der Waals surface area (Å²) >= 11 is 0. The first-order valence-corrected chi connectivity index (χ1v) is 42.0. The molecular weight excluding hydrogens is 1230 g/mol. The lowest BCUT2D eigenvalue weighted by Crippen LogP contribution is -2.30. The number of aliphatic hydroxyl groups is 1. The summed E-state index contributed by atoms with van der Waals surface area (Å²) < 4.78 is 68.4. The second-order valence-corrected chi connectivity index (χ2v) is 30.7. The Labute approximate surface area is 575 Å². The van der Waals surface area contributed by atoms with E-state index in [2.05, 4.69) is 41.5 Å². The van der Waals surface area contributed by atoms with Crippen molar-refractivity contribution in [2.45, 2.75) is 407 Å². The summed E-state index contributed by atoms with van der Waals surface area (Å²) in [6.07, 6.45) is 54.1. The van der Waals surface area contributed by atoms with Crippen LogP contribution < -0.4 is 0 Å². The lowest BCUT2D eigenvalue weighted by atomic mass is 9.99. The van der Waals surface area contributed by atoms with Crippen LogP contribution in [0.15, 0.2) is 0 Å². The predicted octanol–water partition coefficient (Wildman–Crippen LogP) is 21.9. The number of unbranched alkanes of at least 4 members (excludes halogenated alkanes) is 43. The zero-order valence-corrected chi connectivity index (χ0v) is 63.1. The van der Waals surface area contributed by atoms with Gasteiger partial charge >= 0.3 is 39.5 Å². The van der Waals surface area contributed by atoms with Gasteiger partial charge in [-0.1, -0.05) is 337 Å². The van der Waals surface area contributed by atoms with Crippen molar-refractivity contribution in [2.24, 2.45) is 11.8 Å². The molecule has 0 radical (unpaired) electrons. The standard InChI is InChI=1S/C75H146O17P2/c1-7-10-12-14-16-18-19-20-21-22-23-24-25-26-29-34-41-47-53-59-74(79)91-70(64-86-73(78)58-52-46-40-33-30-27-28-32-37-43-49-55-67(4)5)65-89-93(81,82)87-61-69(76)62-88-94(83,84)90-66-71(63-85-72(77)57-51-45-39-31-17-15-13-11-8-2)92-75(80)60-54-48-42-36-35-38-44-50-56-68(6)9-3/h67-71,76H,7-66H2,1-6H3,(H,81,82)(H,83,84)/t68?,69-,70-,71-/m1/s1. The average Bonchev–Trinajstić information content (AvgIpc) is 2.74. The number of ether oxygens (including phenoxy) is 4. The van der Waals surface area contributed by atoms with E-state index in [1.807, 2.05) is 0 Å². The number of aliphatic hydroxyl groups excluding tert-OH is 1. The molecule has 0 spiro atoms. The molecule has 0 rings (SSSR count). The first-order valence-electron chi connectivity index (χ1n) is 39.0. The van der Waals surface area contributed by atoms with Gasteiger partial charge in [0, 0.05) is 25.7 Å². The molecule has 17 nitrogen and oxygen atoms in total. The van der Waals surface area contributed by atoms with Crippen LogP contribution in [0.3, 0.4) is 0 Å². The lowest BCUT2D eigenvalue weighted by Gasteiger charge is -2.21. The zero-order valence-electron chi connectivity index (χ0n) is 61.3. The average molecular weight is 1380 g/mol. The highest BCUT2D eigenvalue weighted by Crippen LogP contribution is 2.45. The van der Waals surface area contributed by atoms with E-state index >= 15 is 0 Å². The Morgan fingerprint density at radius 3 is 0.809 bits per heavy atom. The molecule has 558 valence electrons. The molecule has 3 unspecified atom stereocenters. The summed E-state index contributed by atoms with van der Waals surface area (Å²) in [4.78, 5) is 72.7. The minimum Gasteiger partial charge on any atom is -0.462 e. The molecule has 0 aliphatic carbocycles. The van der Waals surface area contributed by atoms with Gasteiger partial charge in [-0.25, -0.2) is 9.13 Å². The monoisotopic (exact) mass is 1380 g/mol. The van der Waals surface area contributed by atoms with Crippen LogP contribution in [0.4, 0.5) is 0 Å². The highest BCUT2D eigenvalue weighted by atomic mass is 31.2. The minimum atomic E-state index is -4.96. The molecule has 6 atom stereocenters. The second kappa shape index (κ2) is 66.9. The molecule has 0 fully saturated rings. The Kier molecular flexibility index (Phi) is 65.5. The molecule has 0 saturated heterocycles. The van der Waals surface area contributed by atoms with Gasteiger partial charge in [0.25, 0.3) is 0 Å². The van der Waals surface area contributed by atoms with Gasteiger partial charge in [0.05, 0.1) is 26.4 Å². The molecule has 0 amide bonds. The van der Waals surface area contributed by atoms with Crippen LogP contribution in [0.1, 0.15) is 388 Å². The number of carbonyl (C=O) groups is 4. The molecule has 0 aromatic rings. The molecule has 0 aliphatic rings. The van der Waals surface area contributed by atoms with Crippen LogP contribution in [-0.4, -0.2) is 96.7 Å². The number of phosphoric ester groups is 2. The third-order valence-electron chi connectivity index (χ3n) is 17.8. The van der Waals surface area contributed by atoms with Crippen molar-refractivity contribution in [3.8, 4) is 0 Å². The molecule has 0 saturated carbocycles. The first-order chi connectivity index (χ1) is 45.4. The van der Waals surface area contributed by atoms with Crippen molar-refractivity contribution in [3.05, 3.63) is 0 Å². The van der Waals surface area contributed by atoms with Crippen LogP contribution >= 0.6 is 15.6 Å². The summed E-state index contributed by atoms with van der Waals surface area (Å²) in [5.41, 5.74) is 0. The van der Waals surface area contributed by atoms with Gasteiger partial charge in [0.2, 0.25) is 0 Å². The fraction of sp³-hybridized carbons (Fsp3) is 0.947. The van der Waals surface area contributed by atoms with Gasteiger partial charge in [-0.3, -0.25) is 37.3 Å². The number of esters is 4. The van der Waals surface area contributed by atoms with Gasteiger partial charge < -0.3 is 33.8 Å². The van der Waals surface area contributed by atoms with Crippen molar-refractivity contribution < 1.29 is 80.2 Å². The van der Waals surface area contributed by atoms with Crippen molar-refractivity contribution in [1.82, 2.24) is 0 Å². The lowest BCUT2D eigenvalue weighted by molar-refractivity contribution is -0.161. The van der Waals surface area contributed by atoms with Gasteiger partial charge in [-0.15, -0.1) is 0 Å². The van der Waals surface area contributed by atoms with Crippen LogP contribution in [0.2, 0.25) is 0 Å². The molecule has 3 N–H and O–H groups in total. The van der Waals surface area contributed by atoms with Gasteiger partial charge in [0.1, 0.15) is 19.3 Å². The van der Waals surface area contributed by atoms with Gasteiger partial charge in [0.15, 0.2) is 12.2 Å². The Morgan fingerprint density at radius 2 is 0.543 bits per heavy atom. The van der Waals surface area contributed by atoms with E-state index in [4.69, 9.17) is 37.0 Å². The smallest absolute Gasteiger partial charge is 0.462 e. The van der Waals surface area contributed by atoms with E-state index in [1.54, 1.807) is 0 Å². The molecule has 0 aliphatic heterocycles. The van der Waals surface area contributed by atoms with Crippen LogP contribution in [0.25, 0.3) is 0 Å². The second-order valence-electron chi connectivity index (χ2n) is 27.8. The Morgan fingerprint density at radius 1 is 0.309 bits per heavy atom. The summed E-state index contributed by atoms with van der Waals surface area (Å²) in [5, 5.41) is 10.6. The van der Waals surface area contributed by atoms with Crippen LogP contribution in [-0.2, 0) is 65.4 Å². The Balaban J connectivity index is 5.22. The Bertz CT molecular complexity index is 1820. The van der Waals surface area contributed by atoms with E-state index in [0.29, 0.717) is 25.7 Å². The van der Waals surface area contributed by atoms with Crippen molar-refractivity contribution in [3.63, 3.8) is 0 Å². The van der Waals surface area contributed by atoms with Crippen molar-refractivity contribution in [2.75, 3.05) is 39.6 Å². The normalized spacial score (nSPS) is 14.3. The number of hydrogen-bond donors (Lipinski definition) is 3. The maximum Gasteiger partial charge on any atom is 0.472 e. The summed E-state index contributed by atoms with van der Waals surface area (Å²) in [5.74, 6) is -0.579. The summed E-state index contributed by atoms with van der Waals surface area (Å²) in [7, 11) is -9.91. The first kappa shape index (κ1) is 92.1. The molecular formula is C75H146O17P2. The quantitative estimate of drug-likeness (QED) is 0.0222. The van der Waals surface area contributed by atoms with Gasteiger partial charge in [-0.05, 0) is 37.5 Å². The largest absolute Gasteiger partial charge is 0.472 e. The maximum atomic E-state index is 13.1. The summed E-state index contributed by atoms with van der Waals surface area (Å²) in [6, 6.07) is 0. The highest BCUT2D eigenvalue weighted by Gasteiger charge is 2.30. The number of phosphoric acid groups is 2. The highest BCUT2D eigenvalue weighted by molar-refractivity contribution is 7.47. The van der Waals surface area contributed by atoms with E-state index < -0.39 is 97.5 Å². The molecule has 0 bridgehead atoms. The predicted molar refractivity (Wildman–Crippen MR) is 381 cm³/mol. The van der Waals surface area contributed by atoms with Crippen molar-refractivity contribution >= 4 is 39.5 Å².